The van der Waals surface area contributed by atoms with E-state index in [1.54, 1.807) is 23.7 Å². The van der Waals surface area contributed by atoms with Crippen molar-refractivity contribution in [2.24, 2.45) is 0 Å². The maximum atomic E-state index is 5.73. The van der Waals surface area contributed by atoms with Gasteiger partial charge in [-0.1, -0.05) is 11.8 Å². The molecule has 0 radical (unpaired) electrons. The van der Waals surface area contributed by atoms with E-state index in [0.717, 1.165) is 38.2 Å². The molecule has 0 saturated carbocycles. The number of nitrogen functional groups attached to an aromatic ring is 1. The molecule has 0 aliphatic heterocycles. The minimum absolute atomic E-state index is 0.0942. The fraction of sp³-hybridized carbons (Fsp3) is 0.182. The molecule has 4 rings (SSSR count). The highest BCUT2D eigenvalue weighted by molar-refractivity contribution is 7.16. The van der Waals surface area contributed by atoms with Gasteiger partial charge in [0.25, 0.3) is 0 Å². The molecule has 5 nitrogen and oxygen atoms in total. The average Bonchev–Trinajstić information content (AvgIpc) is 3.25. The Hall–Kier alpha value is -3.30. The summed E-state index contributed by atoms with van der Waals surface area (Å²) in [5.41, 5.74) is 9.04. The summed E-state index contributed by atoms with van der Waals surface area (Å²) in [4.78, 5) is 11.0. The van der Waals surface area contributed by atoms with E-state index < -0.39 is 0 Å². The first-order chi connectivity index (χ1) is 13.4. The number of nitrogens with two attached hydrogens (primary N) is 1. The summed E-state index contributed by atoms with van der Waals surface area (Å²) in [5, 5.41) is 3.58. The number of benzene rings is 1. The van der Waals surface area contributed by atoms with Crippen LogP contribution in [0.4, 0.5) is 11.5 Å². The molecule has 3 aromatic heterocycles. The summed E-state index contributed by atoms with van der Waals surface area (Å²) in [6.45, 7) is 6.40. The third-order valence-electron chi connectivity index (χ3n) is 4.00. The van der Waals surface area contributed by atoms with Crippen LogP contribution >= 0.6 is 11.3 Å². The van der Waals surface area contributed by atoms with Crippen molar-refractivity contribution >= 4 is 28.5 Å². The van der Waals surface area contributed by atoms with Gasteiger partial charge in [0.2, 0.25) is 0 Å². The van der Waals surface area contributed by atoms with E-state index in [-0.39, 0.29) is 5.54 Å². The molecule has 0 aliphatic carbocycles. The Balaban J connectivity index is 1.71. The summed E-state index contributed by atoms with van der Waals surface area (Å²) >= 11 is 1.63. The van der Waals surface area contributed by atoms with Gasteiger partial charge in [-0.25, -0.2) is 4.98 Å². The smallest absolute Gasteiger partial charge is 0.157 e. The summed E-state index contributed by atoms with van der Waals surface area (Å²) in [6, 6.07) is 11.7. The zero-order valence-corrected chi connectivity index (χ0v) is 16.8. The second-order valence-electron chi connectivity index (χ2n) is 7.52. The van der Waals surface area contributed by atoms with Crippen molar-refractivity contribution in [3.8, 4) is 22.4 Å². The van der Waals surface area contributed by atoms with Crippen LogP contribution in [0.25, 0.3) is 16.2 Å². The molecule has 3 N–H and O–H groups in total. The quantitative estimate of drug-likeness (QED) is 0.388. The maximum absolute atomic E-state index is 5.73. The Morgan fingerprint density at radius 3 is 2.61 bits per heavy atom. The monoisotopic (exact) mass is 387 g/mol. The van der Waals surface area contributed by atoms with Crippen molar-refractivity contribution in [1.29, 1.82) is 0 Å². The lowest BCUT2D eigenvalue weighted by atomic mass is 10.1. The van der Waals surface area contributed by atoms with Gasteiger partial charge >= 0.3 is 0 Å². The lowest BCUT2D eigenvalue weighted by Gasteiger charge is -2.22. The molecule has 1 aromatic carbocycles. The van der Waals surface area contributed by atoms with Crippen LogP contribution in [-0.2, 0) is 0 Å². The zero-order valence-electron chi connectivity index (χ0n) is 16.0. The number of thiophene rings is 1. The molecule has 0 amide bonds. The average molecular weight is 388 g/mol. The van der Waals surface area contributed by atoms with Crippen LogP contribution in [0.3, 0.4) is 0 Å². The van der Waals surface area contributed by atoms with Crippen LogP contribution in [0, 0.1) is 11.8 Å². The van der Waals surface area contributed by atoms with E-state index in [1.165, 1.54) is 0 Å². The third kappa shape index (κ3) is 3.85. The van der Waals surface area contributed by atoms with Crippen molar-refractivity contribution in [2.45, 2.75) is 26.3 Å². The Labute approximate surface area is 168 Å². The summed E-state index contributed by atoms with van der Waals surface area (Å²) < 4.78 is 2.03. The van der Waals surface area contributed by atoms with Gasteiger partial charge in [0.1, 0.15) is 11.5 Å². The minimum atomic E-state index is -0.0942. The van der Waals surface area contributed by atoms with E-state index in [2.05, 4.69) is 49.0 Å². The predicted octanol–water partition coefficient (Wildman–Crippen LogP) is 4.65. The molecule has 140 valence electrons. The lowest BCUT2D eigenvalue weighted by molar-refractivity contribution is 0.629. The maximum Gasteiger partial charge on any atom is 0.157 e. The normalized spacial score (nSPS) is 11.2. The first kappa shape index (κ1) is 18.1. The Kier molecular flexibility index (Phi) is 4.54. The van der Waals surface area contributed by atoms with Gasteiger partial charge in [-0.05, 0) is 57.2 Å². The highest BCUT2D eigenvalue weighted by Crippen LogP contribution is 2.34. The van der Waals surface area contributed by atoms with Crippen molar-refractivity contribution in [3.05, 3.63) is 65.4 Å². The number of fused-ring (bicyclic) bond motifs is 1. The Bertz CT molecular complexity index is 1180. The predicted molar refractivity (Wildman–Crippen MR) is 117 cm³/mol. The molecule has 28 heavy (non-hydrogen) atoms. The SMILES string of the molecule is CC(C)(C)Nc1c(-c2ccc(C#Cc3ccc(N)cc3)s2)nc2cnccn12. The third-order valence-corrected chi connectivity index (χ3v) is 5.01. The highest BCUT2D eigenvalue weighted by Gasteiger charge is 2.20. The molecule has 6 heteroatoms. The molecule has 0 atom stereocenters. The van der Waals surface area contributed by atoms with Gasteiger partial charge in [-0.2, -0.15) is 0 Å². The van der Waals surface area contributed by atoms with E-state index in [1.807, 2.05) is 40.9 Å². The molecule has 3 heterocycles. The first-order valence-electron chi connectivity index (χ1n) is 8.97. The fourth-order valence-electron chi connectivity index (χ4n) is 2.79. The highest BCUT2D eigenvalue weighted by atomic mass is 32.1. The van der Waals surface area contributed by atoms with Crippen LogP contribution in [0.2, 0.25) is 0 Å². The Morgan fingerprint density at radius 1 is 1.07 bits per heavy atom. The van der Waals surface area contributed by atoms with Crippen LogP contribution in [0.15, 0.2) is 55.0 Å². The van der Waals surface area contributed by atoms with Crippen LogP contribution in [0.5, 0.6) is 0 Å². The molecule has 0 fully saturated rings. The summed E-state index contributed by atoms with van der Waals surface area (Å²) in [5.74, 6) is 7.38. The van der Waals surface area contributed by atoms with Gasteiger partial charge in [-0.3, -0.25) is 9.38 Å². The van der Waals surface area contributed by atoms with Crippen LogP contribution in [0.1, 0.15) is 31.2 Å². The van der Waals surface area contributed by atoms with E-state index in [4.69, 9.17) is 10.7 Å². The summed E-state index contributed by atoms with van der Waals surface area (Å²) in [6.07, 6.45) is 5.46. The molecular weight excluding hydrogens is 366 g/mol. The van der Waals surface area contributed by atoms with Gasteiger partial charge in [0.05, 0.1) is 16.0 Å². The number of nitrogens with zero attached hydrogens (tertiary/aromatic N) is 3. The molecule has 4 aromatic rings. The number of aromatic nitrogens is 3. The number of imidazole rings is 1. The van der Waals surface area contributed by atoms with E-state index >= 15 is 0 Å². The number of hydrogen-bond acceptors (Lipinski definition) is 5. The van der Waals surface area contributed by atoms with Gasteiger partial charge in [0.15, 0.2) is 5.65 Å². The molecule has 0 saturated heterocycles. The molecule has 0 bridgehead atoms. The van der Waals surface area contributed by atoms with Gasteiger partial charge < -0.3 is 11.1 Å². The van der Waals surface area contributed by atoms with Gasteiger partial charge in [-0.15, -0.1) is 11.3 Å². The molecule has 0 unspecified atom stereocenters. The first-order valence-corrected chi connectivity index (χ1v) is 9.79. The number of rotatable bonds is 2. The van der Waals surface area contributed by atoms with Crippen molar-refractivity contribution in [1.82, 2.24) is 14.4 Å². The van der Waals surface area contributed by atoms with Crippen molar-refractivity contribution in [3.63, 3.8) is 0 Å². The number of anilines is 2. The van der Waals surface area contributed by atoms with Crippen molar-refractivity contribution in [2.75, 3.05) is 11.1 Å². The lowest BCUT2D eigenvalue weighted by Crippen LogP contribution is -2.27. The summed E-state index contributed by atoms with van der Waals surface area (Å²) in [7, 11) is 0. The minimum Gasteiger partial charge on any atom is -0.399 e. The van der Waals surface area contributed by atoms with Crippen molar-refractivity contribution < 1.29 is 0 Å². The zero-order chi connectivity index (χ0) is 19.7. The second kappa shape index (κ2) is 7.02. The Morgan fingerprint density at radius 2 is 1.86 bits per heavy atom. The molecular formula is C22H21N5S. The molecule has 0 spiro atoms. The fourth-order valence-corrected chi connectivity index (χ4v) is 3.64. The largest absolute Gasteiger partial charge is 0.399 e. The second-order valence-corrected chi connectivity index (χ2v) is 8.61. The topological polar surface area (TPSA) is 68.2 Å². The number of nitrogens with one attached hydrogen (secondary N) is 1. The van der Waals surface area contributed by atoms with E-state index in [0.29, 0.717) is 0 Å². The van der Waals surface area contributed by atoms with Gasteiger partial charge in [0, 0.05) is 29.2 Å². The van der Waals surface area contributed by atoms with Crippen LogP contribution in [-0.4, -0.2) is 19.9 Å². The van der Waals surface area contributed by atoms with Crippen LogP contribution < -0.4 is 11.1 Å². The standard InChI is InChI=1S/C22H21N5S/c1-22(2,3)26-21-20(25-19-14-24-12-13-27(19)21)18-11-10-17(28-18)9-6-15-4-7-16(23)8-5-15/h4-5,7-8,10-14,26H,23H2,1-3H3. The number of hydrogen-bond donors (Lipinski definition) is 2. The molecule has 0 aliphatic rings. The van der Waals surface area contributed by atoms with E-state index in [9.17, 15) is 0 Å².